The van der Waals surface area contributed by atoms with Crippen LogP contribution in [0.3, 0.4) is 0 Å². The summed E-state index contributed by atoms with van der Waals surface area (Å²) in [6.45, 7) is 9.34. The highest BCUT2D eigenvalue weighted by Gasteiger charge is 2.72. The van der Waals surface area contributed by atoms with Gasteiger partial charge in [-0.15, -0.1) is 0 Å². The number of carbonyl (C=O) groups is 4. The van der Waals surface area contributed by atoms with Crippen molar-refractivity contribution in [3.8, 4) is 0 Å². The number of rotatable bonds is 5. The van der Waals surface area contributed by atoms with Gasteiger partial charge in [-0.2, -0.15) is 0 Å². The molecule has 4 heterocycles. The Morgan fingerprint density at radius 3 is 2.48 bits per heavy atom. The van der Waals surface area contributed by atoms with E-state index in [0.717, 1.165) is 16.8 Å². The van der Waals surface area contributed by atoms with E-state index in [0.29, 0.717) is 12.0 Å². The molecule has 0 aliphatic carbocycles. The third-order valence-electron chi connectivity index (χ3n) is 10.3. The first kappa shape index (κ1) is 33.6. The van der Waals surface area contributed by atoms with Crippen LogP contribution in [0.2, 0.25) is 0 Å². The van der Waals surface area contributed by atoms with Crippen LogP contribution in [0.5, 0.6) is 0 Å². The van der Waals surface area contributed by atoms with E-state index in [-0.39, 0.29) is 37.3 Å². The largest absolute Gasteiger partial charge is 0.455 e. The van der Waals surface area contributed by atoms with Crippen molar-refractivity contribution in [2.24, 2.45) is 17.8 Å². The Labute approximate surface area is 281 Å². The number of benzene rings is 2. The second-order valence-corrected chi connectivity index (χ2v) is 13.8. The lowest BCUT2D eigenvalue weighted by Crippen LogP contribution is -2.59. The van der Waals surface area contributed by atoms with Gasteiger partial charge < -0.3 is 29.7 Å². The van der Waals surface area contributed by atoms with Crippen molar-refractivity contribution in [3.63, 3.8) is 0 Å². The zero-order valence-corrected chi connectivity index (χ0v) is 28.2. The number of aryl methyl sites for hydroxylation is 2. The number of aliphatic hydroxyl groups is 1. The van der Waals surface area contributed by atoms with Crippen molar-refractivity contribution in [3.05, 3.63) is 89.5 Å². The summed E-state index contributed by atoms with van der Waals surface area (Å²) < 4.78 is 13.1. The molecule has 2 aromatic rings. The normalized spacial score (nSPS) is 32.0. The molecule has 0 radical (unpaired) electrons. The Bertz CT molecular complexity index is 1640. The number of likely N-dealkylation sites (tertiary alicyclic amines) is 1. The second kappa shape index (κ2) is 13.3. The number of anilines is 1. The molecule has 0 unspecified atom stereocenters. The molecular formula is C38H45N3O7. The van der Waals surface area contributed by atoms with Crippen LogP contribution in [0, 0.1) is 31.6 Å². The maximum atomic E-state index is 14.9. The molecule has 2 saturated heterocycles. The van der Waals surface area contributed by atoms with Gasteiger partial charge in [-0.05, 0) is 55.9 Å². The maximum Gasteiger partial charge on any atom is 0.313 e. The summed E-state index contributed by atoms with van der Waals surface area (Å²) in [5, 5.41) is 13.6. The topological polar surface area (TPSA) is 125 Å². The van der Waals surface area contributed by atoms with E-state index in [9.17, 15) is 24.3 Å². The number of allylic oxidation sites excluding steroid dienone is 1. The number of fused-ring (bicyclic) bond motifs is 2. The summed E-state index contributed by atoms with van der Waals surface area (Å²) >= 11 is 0. The van der Waals surface area contributed by atoms with Crippen molar-refractivity contribution in [1.82, 2.24) is 10.2 Å². The molecule has 48 heavy (non-hydrogen) atoms. The highest BCUT2D eigenvalue weighted by Crippen LogP contribution is 2.54. The van der Waals surface area contributed by atoms with Crippen molar-refractivity contribution in [2.45, 2.75) is 83.4 Å². The van der Waals surface area contributed by atoms with Crippen LogP contribution in [-0.2, 0) is 28.7 Å². The van der Waals surface area contributed by atoms with Crippen molar-refractivity contribution in [1.29, 1.82) is 0 Å². The Morgan fingerprint density at radius 1 is 1.02 bits per heavy atom. The van der Waals surface area contributed by atoms with Crippen LogP contribution in [0.15, 0.2) is 72.8 Å². The molecule has 2 N–H and O–H groups in total. The zero-order valence-electron chi connectivity index (χ0n) is 28.2. The number of hydrogen-bond donors (Lipinski definition) is 2. The van der Waals surface area contributed by atoms with Gasteiger partial charge in [0.05, 0.1) is 30.7 Å². The number of esters is 1. The second-order valence-electron chi connectivity index (χ2n) is 13.8. The summed E-state index contributed by atoms with van der Waals surface area (Å²) in [5.74, 6) is -4.00. The predicted molar refractivity (Wildman–Crippen MR) is 180 cm³/mol. The fourth-order valence-electron chi connectivity index (χ4n) is 7.85. The van der Waals surface area contributed by atoms with Crippen molar-refractivity contribution >= 4 is 29.4 Å². The first-order chi connectivity index (χ1) is 23.0. The SMILES string of the molecule is Cc1ccc(C)c(N2CC=C[C@]34O[C@@H]5/C=C\CCC(=O)N[C@H](C)[C@@H](c6ccccc6)OC(=O)[C@@H]5[C@H]3C(=O)N([C@@H](CO)C(C)C)[C@@H]4C2=O)c1. The zero-order chi connectivity index (χ0) is 34.3. The molecule has 0 bridgehead atoms. The first-order valence-electron chi connectivity index (χ1n) is 16.9. The Morgan fingerprint density at radius 2 is 1.77 bits per heavy atom. The molecule has 10 nitrogen and oxygen atoms in total. The quantitative estimate of drug-likeness (QED) is 0.369. The molecule has 0 aromatic heterocycles. The summed E-state index contributed by atoms with van der Waals surface area (Å²) in [6.07, 6.45) is 6.01. The molecule has 3 amide bonds. The van der Waals surface area contributed by atoms with E-state index in [1.165, 1.54) is 4.90 Å². The van der Waals surface area contributed by atoms with E-state index in [1.54, 1.807) is 30.1 Å². The molecule has 6 rings (SSSR count). The molecule has 254 valence electrons. The molecule has 1 spiro atoms. The van der Waals surface area contributed by atoms with Gasteiger partial charge in [0.15, 0.2) is 0 Å². The molecular weight excluding hydrogens is 610 g/mol. The van der Waals surface area contributed by atoms with Crippen LogP contribution >= 0.6 is 0 Å². The maximum absolute atomic E-state index is 14.9. The fourth-order valence-corrected chi connectivity index (χ4v) is 7.85. The lowest BCUT2D eigenvalue weighted by atomic mass is 9.77. The third kappa shape index (κ3) is 5.75. The summed E-state index contributed by atoms with van der Waals surface area (Å²) in [5.41, 5.74) is 1.80. The van der Waals surface area contributed by atoms with Crippen molar-refractivity contribution in [2.75, 3.05) is 18.1 Å². The molecule has 2 fully saturated rings. The summed E-state index contributed by atoms with van der Waals surface area (Å²) in [6, 6.07) is 12.7. The standard InChI is InChI=1S/C38H45N3O7/c1-22(2)28(21-42)41-34-36(45)40(27-20-23(3)16-17-24(27)4)19-11-18-38(34)32(35(41)44)31-29(48-38)14-9-10-15-30(43)39-25(5)33(47-37(31)46)26-12-7-6-8-13-26/h6-9,11-14,16-18,20,22,25,28-29,31-34,42H,10,15,19,21H2,1-5H3,(H,39,43)/b14-9-/t25-,28+,29-,31+,32+,33+,34-,38+/m1/s1. The number of cyclic esters (lactones) is 1. The number of aliphatic hydroxyl groups excluding tert-OH is 1. The van der Waals surface area contributed by atoms with Gasteiger partial charge in [0, 0.05) is 18.7 Å². The van der Waals surface area contributed by atoms with Gasteiger partial charge >= 0.3 is 5.97 Å². The first-order valence-corrected chi connectivity index (χ1v) is 16.9. The van der Waals surface area contributed by atoms with Gasteiger partial charge in [-0.1, -0.05) is 80.6 Å². The Balaban J connectivity index is 1.49. The van der Waals surface area contributed by atoms with Crippen molar-refractivity contribution < 1.29 is 33.8 Å². The third-order valence-corrected chi connectivity index (χ3v) is 10.3. The average molecular weight is 656 g/mol. The van der Waals surface area contributed by atoms with Gasteiger partial charge in [0.25, 0.3) is 5.91 Å². The Hall–Kier alpha value is -4.28. The molecule has 4 aliphatic heterocycles. The Kier molecular flexibility index (Phi) is 9.33. The van der Waals surface area contributed by atoms with Gasteiger partial charge in [0.2, 0.25) is 11.8 Å². The number of nitrogens with one attached hydrogen (secondary N) is 1. The highest BCUT2D eigenvalue weighted by molar-refractivity contribution is 6.06. The van der Waals surface area contributed by atoms with E-state index < -0.39 is 59.6 Å². The van der Waals surface area contributed by atoms with Crippen LogP contribution < -0.4 is 10.2 Å². The predicted octanol–water partition coefficient (Wildman–Crippen LogP) is 3.94. The number of ether oxygens (including phenoxy) is 2. The van der Waals surface area contributed by atoms with E-state index in [2.05, 4.69) is 5.32 Å². The number of nitrogens with zero attached hydrogens (tertiary/aromatic N) is 2. The highest BCUT2D eigenvalue weighted by atomic mass is 16.6. The molecule has 10 heteroatoms. The van der Waals surface area contributed by atoms with E-state index in [1.807, 2.05) is 82.3 Å². The van der Waals surface area contributed by atoms with E-state index >= 15 is 0 Å². The molecule has 0 saturated carbocycles. The molecule has 4 aliphatic rings. The number of amides is 3. The fraction of sp³-hybridized carbons (Fsp3) is 0.474. The number of hydrogen-bond acceptors (Lipinski definition) is 7. The minimum atomic E-state index is -1.51. The lowest BCUT2D eigenvalue weighted by molar-refractivity contribution is -0.162. The van der Waals surface area contributed by atoms with Gasteiger partial charge in [-0.25, -0.2) is 0 Å². The van der Waals surface area contributed by atoms with Crippen LogP contribution in [0.1, 0.15) is 56.4 Å². The average Bonchev–Trinajstić information content (AvgIpc) is 3.44. The van der Waals surface area contributed by atoms with Crippen LogP contribution in [0.25, 0.3) is 0 Å². The lowest BCUT2D eigenvalue weighted by Gasteiger charge is -2.40. The minimum absolute atomic E-state index is 0.178. The molecule has 2 aromatic carbocycles. The summed E-state index contributed by atoms with van der Waals surface area (Å²) in [4.78, 5) is 60.2. The smallest absolute Gasteiger partial charge is 0.313 e. The van der Waals surface area contributed by atoms with Gasteiger partial charge in [0.1, 0.15) is 23.7 Å². The van der Waals surface area contributed by atoms with Crippen LogP contribution in [-0.4, -0.2) is 76.7 Å². The van der Waals surface area contributed by atoms with E-state index in [4.69, 9.17) is 9.47 Å². The number of carbonyl (C=O) groups excluding carboxylic acids is 4. The monoisotopic (exact) mass is 655 g/mol. The summed E-state index contributed by atoms with van der Waals surface area (Å²) in [7, 11) is 0. The van der Waals surface area contributed by atoms with Crippen LogP contribution in [0.4, 0.5) is 5.69 Å². The van der Waals surface area contributed by atoms with Gasteiger partial charge in [-0.3, -0.25) is 19.2 Å². The minimum Gasteiger partial charge on any atom is -0.455 e. The molecule has 8 atom stereocenters.